The maximum atomic E-state index is 11.2. The summed E-state index contributed by atoms with van der Waals surface area (Å²) in [5.41, 5.74) is 2.14. The van der Waals surface area contributed by atoms with Gasteiger partial charge in [0.2, 0.25) is 5.88 Å². The van der Waals surface area contributed by atoms with Crippen LogP contribution in [0.4, 0.5) is 0 Å². The summed E-state index contributed by atoms with van der Waals surface area (Å²) in [6, 6.07) is 3.33. The molecule has 0 unspecified atom stereocenters. The third-order valence-corrected chi connectivity index (χ3v) is 2.67. The van der Waals surface area contributed by atoms with Crippen LogP contribution in [-0.4, -0.2) is 34.4 Å². The molecule has 19 heavy (non-hydrogen) atoms. The lowest BCUT2D eigenvalue weighted by Gasteiger charge is -2.06. The zero-order chi connectivity index (χ0) is 14.2. The average molecular weight is 282 g/mol. The molecule has 0 aliphatic heterocycles. The van der Waals surface area contributed by atoms with Crippen LogP contribution in [0.3, 0.4) is 0 Å². The number of hydrogen-bond acceptors (Lipinski definition) is 6. The van der Waals surface area contributed by atoms with E-state index in [4.69, 9.17) is 4.18 Å². The van der Waals surface area contributed by atoms with Crippen LogP contribution in [-0.2, 0) is 10.1 Å². The van der Waals surface area contributed by atoms with E-state index >= 15 is 0 Å². The fraction of sp³-hybridized carbons (Fsp3) is 0.364. The van der Waals surface area contributed by atoms with Crippen molar-refractivity contribution >= 4 is 10.1 Å². The van der Waals surface area contributed by atoms with Crippen LogP contribution in [0.1, 0.15) is 17.1 Å². The summed E-state index contributed by atoms with van der Waals surface area (Å²) in [5, 5.41) is 4.15. The second kappa shape index (κ2) is 4.61. The molecule has 8 heteroatoms. The third kappa shape index (κ3) is 3.28. The van der Waals surface area contributed by atoms with Gasteiger partial charge in [-0.15, -0.1) is 0 Å². The van der Waals surface area contributed by atoms with Crippen molar-refractivity contribution in [3.63, 3.8) is 0 Å². The standard InChI is InChI=1S/C11H14N4O3S/c1-7-5-8(2)13-11(12-7)15-10(6-9(3)14-15)18-19(4,16)17/h5-6H,1-4H3. The van der Waals surface area contributed by atoms with Gasteiger partial charge in [-0.25, -0.2) is 9.97 Å². The second-order valence-corrected chi connectivity index (χ2v) is 5.85. The Morgan fingerprint density at radius 3 is 2.16 bits per heavy atom. The lowest BCUT2D eigenvalue weighted by molar-refractivity contribution is 0.468. The number of rotatable bonds is 3. The van der Waals surface area contributed by atoms with Crippen LogP contribution < -0.4 is 4.18 Å². The van der Waals surface area contributed by atoms with Gasteiger partial charge in [-0.1, -0.05) is 0 Å². The highest BCUT2D eigenvalue weighted by Gasteiger charge is 2.16. The Morgan fingerprint density at radius 1 is 1.05 bits per heavy atom. The number of hydrogen-bond donors (Lipinski definition) is 0. The molecule has 0 fully saturated rings. The van der Waals surface area contributed by atoms with Crippen molar-refractivity contribution in [1.82, 2.24) is 19.7 Å². The summed E-state index contributed by atoms with van der Waals surface area (Å²) in [6.45, 7) is 5.38. The van der Waals surface area contributed by atoms with Gasteiger partial charge in [-0.3, -0.25) is 0 Å². The minimum Gasteiger partial charge on any atom is -0.362 e. The molecule has 2 heterocycles. The lowest BCUT2D eigenvalue weighted by atomic mass is 10.4. The minimum absolute atomic E-state index is 0.0741. The first-order valence-electron chi connectivity index (χ1n) is 5.53. The molecule has 102 valence electrons. The fourth-order valence-corrected chi connectivity index (χ4v) is 2.06. The molecule has 0 saturated heterocycles. The molecule has 2 aromatic rings. The molecule has 2 aromatic heterocycles. The SMILES string of the molecule is Cc1cc(C)nc(-n2nc(C)cc2OS(C)(=O)=O)n1. The molecule has 2 rings (SSSR count). The first-order valence-corrected chi connectivity index (χ1v) is 7.35. The summed E-state index contributed by atoms with van der Waals surface area (Å²) in [4.78, 5) is 8.45. The van der Waals surface area contributed by atoms with Crippen LogP contribution >= 0.6 is 0 Å². The second-order valence-electron chi connectivity index (χ2n) is 4.27. The van der Waals surface area contributed by atoms with Crippen molar-refractivity contribution in [1.29, 1.82) is 0 Å². The maximum absolute atomic E-state index is 11.2. The van der Waals surface area contributed by atoms with Crippen LogP contribution in [0.2, 0.25) is 0 Å². The molecule has 0 radical (unpaired) electrons. The van der Waals surface area contributed by atoms with Gasteiger partial charge in [0.1, 0.15) is 0 Å². The van der Waals surface area contributed by atoms with Gasteiger partial charge >= 0.3 is 10.1 Å². The lowest BCUT2D eigenvalue weighted by Crippen LogP contribution is -2.12. The Morgan fingerprint density at radius 2 is 1.63 bits per heavy atom. The van der Waals surface area contributed by atoms with Crippen LogP contribution in [0.15, 0.2) is 12.1 Å². The number of aryl methyl sites for hydroxylation is 3. The van der Waals surface area contributed by atoms with Gasteiger partial charge in [-0.05, 0) is 26.8 Å². The smallest absolute Gasteiger partial charge is 0.307 e. The van der Waals surface area contributed by atoms with Gasteiger partial charge in [0.25, 0.3) is 5.95 Å². The fourth-order valence-electron chi connectivity index (χ4n) is 1.64. The van der Waals surface area contributed by atoms with Gasteiger partial charge in [0.15, 0.2) is 0 Å². The van der Waals surface area contributed by atoms with Crippen molar-refractivity contribution in [2.24, 2.45) is 0 Å². The first kappa shape index (κ1) is 13.5. The minimum atomic E-state index is -3.63. The van der Waals surface area contributed by atoms with E-state index in [1.165, 1.54) is 10.7 Å². The van der Waals surface area contributed by atoms with Crippen molar-refractivity contribution < 1.29 is 12.6 Å². The summed E-state index contributed by atoms with van der Waals surface area (Å²) in [5.74, 6) is 0.356. The Kier molecular flexibility index (Phi) is 3.27. The molecular formula is C11H14N4O3S. The van der Waals surface area contributed by atoms with Crippen LogP contribution in [0.5, 0.6) is 5.88 Å². The Hall–Kier alpha value is -1.96. The Balaban J connectivity index is 2.55. The number of aromatic nitrogens is 4. The van der Waals surface area contributed by atoms with E-state index in [1.807, 2.05) is 19.9 Å². The van der Waals surface area contributed by atoms with E-state index < -0.39 is 10.1 Å². The quantitative estimate of drug-likeness (QED) is 0.778. The predicted octanol–water partition coefficient (Wildman–Crippen LogP) is 0.926. The summed E-state index contributed by atoms with van der Waals surface area (Å²) >= 11 is 0. The summed E-state index contributed by atoms with van der Waals surface area (Å²) in [6.07, 6.45) is 0.974. The molecule has 0 amide bonds. The van der Waals surface area contributed by atoms with E-state index in [2.05, 4.69) is 15.1 Å². The van der Waals surface area contributed by atoms with Crippen molar-refractivity contribution in [3.05, 3.63) is 29.2 Å². The first-order chi connectivity index (χ1) is 8.74. The highest BCUT2D eigenvalue weighted by Crippen LogP contribution is 2.18. The summed E-state index contributed by atoms with van der Waals surface area (Å²) in [7, 11) is -3.63. The van der Waals surface area contributed by atoms with Crippen LogP contribution in [0.25, 0.3) is 5.95 Å². The van der Waals surface area contributed by atoms with Gasteiger partial charge in [0, 0.05) is 17.5 Å². The molecule has 0 atom stereocenters. The molecule has 0 aliphatic rings. The Bertz CT molecular complexity index is 701. The van der Waals surface area contributed by atoms with E-state index in [1.54, 1.807) is 6.92 Å². The molecule has 0 aliphatic carbocycles. The molecule has 0 saturated carbocycles. The van der Waals surface area contributed by atoms with Gasteiger partial charge in [-0.2, -0.15) is 18.2 Å². The largest absolute Gasteiger partial charge is 0.362 e. The normalized spacial score (nSPS) is 11.6. The molecule has 0 bridgehead atoms. The number of nitrogens with zero attached hydrogens (tertiary/aromatic N) is 4. The molecule has 0 aromatic carbocycles. The van der Waals surface area contributed by atoms with Crippen molar-refractivity contribution in [3.8, 4) is 11.8 Å². The topological polar surface area (TPSA) is 87.0 Å². The predicted molar refractivity (Wildman–Crippen MR) is 68.8 cm³/mol. The van der Waals surface area contributed by atoms with Gasteiger partial charge in [0.05, 0.1) is 11.9 Å². The highest BCUT2D eigenvalue weighted by molar-refractivity contribution is 7.86. The van der Waals surface area contributed by atoms with Crippen LogP contribution in [0, 0.1) is 20.8 Å². The van der Waals surface area contributed by atoms with E-state index in [0.717, 1.165) is 17.6 Å². The molecule has 0 spiro atoms. The molecular weight excluding hydrogens is 268 g/mol. The third-order valence-electron chi connectivity index (χ3n) is 2.20. The van der Waals surface area contributed by atoms with Crippen molar-refractivity contribution in [2.45, 2.75) is 20.8 Å². The average Bonchev–Trinajstić information content (AvgIpc) is 2.55. The van der Waals surface area contributed by atoms with E-state index in [0.29, 0.717) is 5.69 Å². The summed E-state index contributed by atoms with van der Waals surface area (Å²) < 4.78 is 28.6. The Labute approximate surface area is 111 Å². The monoisotopic (exact) mass is 282 g/mol. The van der Waals surface area contributed by atoms with E-state index in [9.17, 15) is 8.42 Å². The molecule has 0 N–H and O–H groups in total. The zero-order valence-corrected chi connectivity index (χ0v) is 11.9. The van der Waals surface area contributed by atoms with E-state index in [-0.39, 0.29) is 11.8 Å². The maximum Gasteiger partial charge on any atom is 0.307 e. The molecule has 7 nitrogen and oxygen atoms in total. The van der Waals surface area contributed by atoms with Crippen molar-refractivity contribution in [2.75, 3.05) is 6.26 Å². The van der Waals surface area contributed by atoms with Gasteiger partial charge < -0.3 is 4.18 Å². The highest BCUT2D eigenvalue weighted by atomic mass is 32.2. The zero-order valence-electron chi connectivity index (χ0n) is 11.1.